The summed E-state index contributed by atoms with van der Waals surface area (Å²) in [6, 6.07) is 4.45. The van der Waals surface area contributed by atoms with Crippen molar-refractivity contribution in [3.63, 3.8) is 0 Å². The zero-order valence-corrected chi connectivity index (χ0v) is 14.2. The lowest BCUT2D eigenvalue weighted by molar-refractivity contribution is 0.796. The van der Waals surface area contributed by atoms with Crippen LogP contribution in [0.1, 0.15) is 21.6 Å². The van der Waals surface area contributed by atoms with E-state index in [4.69, 9.17) is 4.98 Å². The third kappa shape index (κ3) is 3.25. The van der Waals surface area contributed by atoms with E-state index in [0.29, 0.717) is 0 Å². The number of benzene rings is 1. The van der Waals surface area contributed by atoms with Crippen molar-refractivity contribution in [2.24, 2.45) is 0 Å². The molecule has 1 heterocycles. The van der Waals surface area contributed by atoms with Gasteiger partial charge in [0.2, 0.25) is 0 Å². The number of nitrogens with zero attached hydrogens (tertiary/aromatic N) is 1. The second-order valence-corrected chi connectivity index (χ2v) is 6.70. The van der Waals surface area contributed by atoms with Gasteiger partial charge in [-0.25, -0.2) is 4.98 Å². The Morgan fingerprint density at radius 3 is 2.42 bits per heavy atom. The Morgan fingerprint density at radius 2 is 1.84 bits per heavy atom. The first-order valence-electron chi connectivity index (χ1n) is 6.41. The van der Waals surface area contributed by atoms with Crippen LogP contribution >= 0.6 is 27.3 Å². The Kier molecular flexibility index (Phi) is 4.76. The number of aromatic nitrogens is 1. The van der Waals surface area contributed by atoms with Gasteiger partial charge in [-0.1, -0.05) is 17.7 Å². The van der Waals surface area contributed by atoms with Crippen molar-refractivity contribution in [1.82, 2.24) is 10.3 Å². The van der Waals surface area contributed by atoms with E-state index in [1.54, 1.807) is 11.3 Å². The van der Waals surface area contributed by atoms with Crippen molar-refractivity contribution in [2.75, 3.05) is 13.6 Å². The molecule has 2 nitrogen and oxygen atoms in total. The van der Waals surface area contributed by atoms with Crippen LogP contribution in [-0.4, -0.2) is 18.6 Å². The molecule has 0 radical (unpaired) electrons. The average Bonchev–Trinajstić information content (AvgIpc) is 2.66. The van der Waals surface area contributed by atoms with E-state index in [1.807, 2.05) is 7.05 Å². The minimum atomic E-state index is 0.978. The van der Waals surface area contributed by atoms with Crippen molar-refractivity contribution >= 4 is 27.3 Å². The van der Waals surface area contributed by atoms with Crippen LogP contribution in [-0.2, 0) is 6.42 Å². The zero-order valence-electron chi connectivity index (χ0n) is 11.8. The van der Waals surface area contributed by atoms with Crippen LogP contribution < -0.4 is 5.32 Å². The molecule has 0 saturated carbocycles. The summed E-state index contributed by atoms with van der Waals surface area (Å²) in [6.45, 7) is 7.45. The van der Waals surface area contributed by atoms with E-state index in [0.717, 1.165) is 22.6 Å². The lowest BCUT2D eigenvalue weighted by atomic mass is 10.0. The lowest BCUT2D eigenvalue weighted by Crippen LogP contribution is -2.09. The van der Waals surface area contributed by atoms with Gasteiger partial charge in [-0.15, -0.1) is 11.3 Å². The highest BCUT2D eigenvalue weighted by molar-refractivity contribution is 9.10. The normalized spacial score (nSPS) is 11.0. The molecule has 0 bridgehead atoms. The summed E-state index contributed by atoms with van der Waals surface area (Å²) in [4.78, 5) is 6.00. The van der Waals surface area contributed by atoms with E-state index in [2.05, 4.69) is 54.2 Å². The van der Waals surface area contributed by atoms with Crippen LogP contribution in [0.2, 0.25) is 0 Å². The van der Waals surface area contributed by atoms with Gasteiger partial charge in [-0.3, -0.25) is 0 Å². The van der Waals surface area contributed by atoms with Crippen LogP contribution in [0.25, 0.3) is 10.6 Å². The maximum Gasteiger partial charge on any atom is 0.125 e. The molecule has 4 heteroatoms. The molecule has 0 fully saturated rings. The van der Waals surface area contributed by atoms with Gasteiger partial charge < -0.3 is 5.32 Å². The third-order valence-electron chi connectivity index (χ3n) is 3.14. The summed E-state index contributed by atoms with van der Waals surface area (Å²) in [5.41, 5.74) is 5.20. The van der Waals surface area contributed by atoms with Crippen molar-refractivity contribution < 1.29 is 0 Å². The lowest BCUT2D eigenvalue weighted by Gasteiger charge is -2.08. The molecule has 1 N–H and O–H groups in total. The van der Waals surface area contributed by atoms with Crippen molar-refractivity contribution in [1.29, 1.82) is 0 Å². The number of hydrogen-bond donors (Lipinski definition) is 1. The number of likely N-dealkylation sites (N-methyl/N-ethyl adjacent to an activating group) is 1. The van der Waals surface area contributed by atoms with Crippen LogP contribution in [0.3, 0.4) is 0 Å². The van der Waals surface area contributed by atoms with E-state index >= 15 is 0 Å². The Bertz CT molecular complexity index is 567. The molecule has 0 aliphatic rings. The molecule has 1 aromatic carbocycles. The fraction of sp³-hybridized carbons (Fsp3) is 0.400. The monoisotopic (exact) mass is 338 g/mol. The van der Waals surface area contributed by atoms with Crippen molar-refractivity contribution in [3.05, 3.63) is 38.3 Å². The van der Waals surface area contributed by atoms with Gasteiger partial charge in [0, 0.05) is 10.4 Å². The maximum atomic E-state index is 4.69. The predicted molar refractivity (Wildman–Crippen MR) is 87.1 cm³/mol. The molecular formula is C15H19BrN2S. The predicted octanol–water partition coefficient (Wildman–Crippen LogP) is 4.26. The van der Waals surface area contributed by atoms with E-state index < -0.39 is 0 Å². The second kappa shape index (κ2) is 6.16. The van der Waals surface area contributed by atoms with Crippen LogP contribution in [0, 0.1) is 20.8 Å². The molecule has 0 saturated heterocycles. The van der Waals surface area contributed by atoms with Gasteiger partial charge in [0.05, 0.1) is 0 Å². The van der Waals surface area contributed by atoms with Gasteiger partial charge in [0.25, 0.3) is 0 Å². The van der Waals surface area contributed by atoms with E-state index in [9.17, 15) is 0 Å². The van der Waals surface area contributed by atoms with Gasteiger partial charge in [0.1, 0.15) is 9.61 Å². The van der Waals surface area contributed by atoms with Gasteiger partial charge in [0.15, 0.2) is 0 Å². The molecule has 2 aromatic rings. The van der Waals surface area contributed by atoms with Crippen LogP contribution in [0.5, 0.6) is 0 Å². The summed E-state index contributed by atoms with van der Waals surface area (Å²) in [5, 5.41) is 4.30. The highest BCUT2D eigenvalue weighted by Gasteiger charge is 2.14. The summed E-state index contributed by atoms with van der Waals surface area (Å²) >= 11 is 5.37. The zero-order chi connectivity index (χ0) is 14.0. The average molecular weight is 339 g/mol. The standard InChI is InChI=1S/C15H19BrN2S/c1-9-7-10(2)13(11(3)8-9)15-18-14(16)12(19-15)5-6-17-4/h7-8,17H,5-6H2,1-4H3. The van der Waals surface area contributed by atoms with Gasteiger partial charge in [-0.2, -0.15) is 0 Å². The first-order valence-corrected chi connectivity index (χ1v) is 8.02. The second-order valence-electron chi connectivity index (χ2n) is 4.86. The third-order valence-corrected chi connectivity index (χ3v) is 5.19. The van der Waals surface area contributed by atoms with Crippen LogP contribution in [0.4, 0.5) is 0 Å². The molecule has 0 spiro atoms. The van der Waals surface area contributed by atoms with Crippen LogP contribution in [0.15, 0.2) is 16.7 Å². The molecule has 102 valence electrons. The highest BCUT2D eigenvalue weighted by Crippen LogP contribution is 2.35. The van der Waals surface area contributed by atoms with Crippen molar-refractivity contribution in [3.8, 4) is 10.6 Å². The molecule has 0 aliphatic carbocycles. The quantitative estimate of drug-likeness (QED) is 0.900. The Morgan fingerprint density at radius 1 is 1.21 bits per heavy atom. The van der Waals surface area contributed by atoms with E-state index in [-0.39, 0.29) is 0 Å². The van der Waals surface area contributed by atoms with Gasteiger partial charge >= 0.3 is 0 Å². The fourth-order valence-corrected chi connectivity index (χ4v) is 4.21. The molecule has 0 aliphatic heterocycles. The number of thiazole rings is 1. The summed E-state index contributed by atoms with van der Waals surface area (Å²) in [7, 11) is 1.98. The SMILES string of the molecule is CNCCc1sc(-c2c(C)cc(C)cc2C)nc1Br. The number of hydrogen-bond acceptors (Lipinski definition) is 3. The first kappa shape index (κ1) is 14.7. The Labute approximate surface area is 127 Å². The molecule has 0 atom stereocenters. The molecule has 2 rings (SSSR count). The topological polar surface area (TPSA) is 24.9 Å². The molecular weight excluding hydrogens is 320 g/mol. The number of nitrogens with one attached hydrogen (secondary N) is 1. The largest absolute Gasteiger partial charge is 0.319 e. The maximum absolute atomic E-state index is 4.69. The highest BCUT2D eigenvalue weighted by atomic mass is 79.9. The molecule has 19 heavy (non-hydrogen) atoms. The molecule has 0 unspecified atom stereocenters. The number of halogens is 1. The minimum absolute atomic E-state index is 0.978. The summed E-state index contributed by atoms with van der Waals surface area (Å²) in [6.07, 6.45) is 1.01. The molecule has 0 amide bonds. The minimum Gasteiger partial charge on any atom is -0.319 e. The van der Waals surface area contributed by atoms with Gasteiger partial charge in [-0.05, 0) is 67.8 Å². The van der Waals surface area contributed by atoms with Crippen molar-refractivity contribution in [2.45, 2.75) is 27.2 Å². The Hall–Kier alpha value is -0.710. The molecule has 1 aromatic heterocycles. The first-order chi connectivity index (χ1) is 9.02. The number of aryl methyl sites for hydroxylation is 3. The smallest absolute Gasteiger partial charge is 0.125 e. The summed E-state index contributed by atoms with van der Waals surface area (Å²) < 4.78 is 0.988. The summed E-state index contributed by atoms with van der Waals surface area (Å²) in [5.74, 6) is 0. The van der Waals surface area contributed by atoms with E-state index in [1.165, 1.54) is 27.1 Å². The number of rotatable bonds is 4. The fourth-order valence-electron chi connectivity index (χ4n) is 2.35. The Balaban J connectivity index is 2.42.